The minimum Gasteiger partial charge on any atom is -0.337 e. The van der Waals surface area contributed by atoms with Gasteiger partial charge < -0.3 is 5.32 Å². The van der Waals surface area contributed by atoms with E-state index < -0.39 is 0 Å². The number of halogens is 1. The Balaban J connectivity index is 2.17. The van der Waals surface area contributed by atoms with Crippen molar-refractivity contribution in [1.82, 2.24) is 9.97 Å². The summed E-state index contributed by atoms with van der Waals surface area (Å²) in [5.74, 6) is 0. The predicted molar refractivity (Wildman–Crippen MR) is 73.9 cm³/mol. The summed E-state index contributed by atoms with van der Waals surface area (Å²) in [6.07, 6.45) is 3.34. The van der Waals surface area contributed by atoms with Gasteiger partial charge in [-0.1, -0.05) is 11.3 Å². The van der Waals surface area contributed by atoms with Gasteiger partial charge in [-0.05, 0) is 22.9 Å². The number of allylic oxidation sites excluding steroid dienone is 1. The van der Waals surface area contributed by atoms with Crippen molar-refractivity contribution in [3.63, 3.8) is 0 Å². The lowest BCUT2D eigenvalue weighted by molar-refractivity contribution is 1.24. The topological polar surface area (TPSA) is 61.6 Å². The van der Waals surface area contributed by atoms with Gasteiger partial charge in [0.15, 0.2) is 5.13 Å². The zero-order valence-electron chi connectivity index (χ0n) is 8.77. The third kappa shape index (κ3) is 3.12. The van der Waals surface area contributed by atoms with Crippen molar-refractivity contribution in [3.8, 4) is 6.07 Å². The molecule has 4 nitrogen and oxygen atoms in total. The third-order valence-electron chi connectivity index (χ3n) is 1.79. The minimum absolute atomic E-state index is 0.509. The first-order chi connectivity index (χ1) is 8.19. The maximum Gasteiger partial charge on any atom is 0.187 e. The molecule has 0 fully saturated rings. The predicted octanol–water partition coefficient (Wildman–Crippen LogP) is 3.65. The second-order valence-electron chi connectivity index (χ2n) is 3.08. The number of nitriles is 1. The fraction of sp³-hybridized carbons (Fsp3) is 0.100. The SMILES string of the molecule is Cc1csc(/C(C#N)=C/Nc2ncc(Br)s2)n1. The molecule has 0 saturated heterocycles. The van der Waals surface area contributed by atoms with Gasteiger partial charge in [-0.25, -0.2) is 9.97 Å². The maximum absolute atomic E-state index is 9.05. The van der Waals surface area contributed by atoms with E-state index in [9.17, 15) is 0 Å². The zero-order chi connectivity index (χ0) is 12.3. The van der Waals surface area contributed by atoms with Gasteiger partial charge in [-0.15, -0.1) is 11.3 Å². The van der Waals surface area contributed by atoms with Crippen molar-refractivity contribution in [2.45, 2.75) is 6.92 Å². The van der Waals surface area contributed by atoms with Gasteiger partial charge in [0.25, 0.3) is 0 Å². The van der Waals surface area contributed by atoms with Crippen LogP contribution in [0.25, 0.3) is 5.57 Å². The first kappa shape index (κ1) is 12.2. The molecule has 0 unspecified atom stereocenters. The van der Waals surface area contributed by atoms with Crippen LogP contribution in [0.2, 0.25) is 0 Å². The summed E-state index contributed by atoms with van der Waals surface area (Å²) < 4.78 is 0.942. The van der Waals surface area contributed by atoms with Crippen LogP contribution in [0.4, 0.5) is 5.13 Å². The molecule has 0 radical (unpaired) electrons. The Kier molecular flexibility index (Phi) is 3.89. The normalized spacial score (nSPS) is 11.2. The smallest absolute Gasteiger partial charge is 0.187 e. The number of nitrogens with one attached hydrogen (secondary N) is 1. The van der Waals surface area contributed by atoms with Crippen LogP contribution < -0.4 is 5.32 Å². The molecule has 0 saturated carbocycles. The standard InChI is InChI=1S/C10H7BrN4S2/c1-6-5-16-9(15-6)7(2-12)3-13-10-14-4-8(11)17-10/h3-5H,1H3,(H,13,14)/b7-3+. The molecule has 1 N–H and O–H groups in total. The summed E-state index contributed by atoms with van der Waals surface area (Å²) >= 11 is 6.24. The number of thiazole rings is 2. The first-order valence-electron chi connectivity index (χ1n) is 4.59. The Labute approximate surface area is 115 Å². The fourth-order valence-electron chi connectivity index (χ4n) is 1.07. The Morgan fingerprint density at radius 1 is 1.65 bits per heavy atom. The van der Waals surface area contributed by atoms with E-state index >= 15 is 0 Å². The Bertz CT molecular complexity index is 593. The van der Waals surface area contributed by atoms with E-state index in [1.54, 1.807) is 12.4 Å². The molecular formula is C10H7BrN4S2. The van der Waals surface area contributed by atoms with Crippen molar-refractivity contribution in [2.75, 3.05) is 5.32 Å². The van der Waals surface area contributed by atoms with E-state index in [1.165, 1.54) is 22.7 Å². The number of nitrogens with zero attached hydrogens (tertiary/aromatic N) is 3. The number of anilines is 1. The molecule has 0 amide bonds. The lowest BCUT2D eigenvalue weighted by atomic mass is 10.3. The average molecular weight is 327 g/mol. The van der Waals surface area contributed by atoms with Gasteiger partial charge in [-0.2, -0.15) is 5.26 Å². The van der Waals surface area contributed by atoms with E-state index in [0.29, 0.717) is 10.6 Å². The molecule has 7 heteroatoms. The van der Waals surface area contributed by atoms with Gasteiger partial charge in [0.2, 0.25) is 0 Å². The van der Waals surface area contributed by atoms with Crippen LogP contribution in [-0.2, 0) is 0 Å². The van der Waals surface area contributed by atoms with Crippen LogP contribution >= 0.6 is 38.6 Å². The molecule has 2 aromatic rings. The second kappa shape index (κ2) is 5.40. The molecule has 2 heterocycles. The first-order valence-corrected chi connectivity index (χ1v) is 7.08. The quantitative estimate of drug-likeness (QED) is 0.874. The third-order valence-corrected chi connectivity index (χ3v) is 4.19. The molecule has 2 rings (SSSR count). The van der Waals surface area contributed by atoms with Crippen LogP contribution in [0.15, 0.2) is 21.6 Å². The van der Waals surface area contributed by atoms with Crippen molar-refractivity contribution in [3.05, 3.63) is 32.3 Å². The summed E-state index contributed by atoms with van der Waals surface area (Å²) in [5.41, 5.74) is 1.43. The Morgan fingerprint density at radius 3 is 3.00 bits per heavy atom. The van der Waals surface area contributed by atoms with Crippen molar-refractivity contribution < 1.29 is 0 Å². The van der Waals surface area contributed by atoms with E-state index in [-0.39, 0.29) is 0 Å². The summed E-state index contributed by atoms with van der Waals surface area (Å²) in [5, 5.41) is 15.4. The molecule has 0 bridgehead atoms. The number of hydrogen-bond donors (Lipinski definition) is 1. The van der Waals surface area contributed by atoms with Gasteiger partial charge in [-0.3, -0.25) is 0 Å². The van der Waals surface area contributed by atoms with E-state index in [2.05, 4.69) is 37.3 Å². The van der Waals surface area contributed by atoms with Crippen LogP contribution in [0.5, 0.6) is 0 Å². The second-order valence-corrected chi connectivity index (χ2v) is 6.35. The summed E-state index contributed by atoms with van der Waals surface area (Å²) in [6.45, 7) is 1.90. The molecule has 0 atom stereocenters. The highest BCUT2D eigenvalue weighted by atomic mass is 79.9. The summed E-state index contributed by atoms with van der Waals surface area (Å²) in [6, 6.07) is 2.12. The van der Waals surface area contributed by atoms with Gasteiger partial charge in [0.1, 0.15) is 16.6 Å². The van der Waals surface area contributed by atoms with Gasteiger partial charge >= 0.3 is 0 Å². The minimum atomic E-state index is 0.509. The molecule has 0 aliphatic rings. The molecular weight excluding hydrogens is 320 g/mol. The molecule has 0 aliphatic heterocycles. The van der Waals surface area contributed by atoms with Crippen LogP contribution in [0.1, 0.15) is 10.7 Å². The number of aromatic nitrogens is 2. The van der Waals surface area contributed by atoms with Crippen LogP contribution in [0.3, 0.4) is 0 Å². The Morgan fingerprint density at radius 2 is 2.47 bits per heavy atom. The lowest BCUT2D eigenvalue weighted by Gasteiger charge is -1.95. The van der Waals surface area contributed by atoms with E-state index in [4.69, 9.17) is 5.26 Å². The molecule has 0 aromatic carbocycles. The van der Waals surface area contributed by atoms with Crippen molar-refractivity contribution in [2.24, 2.45) is 0 Å². The Hall–Kier alpha value is -1.23. The van der Waals surface area contributed by atoms with Crippen molar-refractivity contribution >= 4 is 49.3 Å². The van der Waals surface area contributed by atoms with Crippen LogP contribution in [-0.4, -0.2) is 9.97 Å². The average Bonchev–Trinajstić information content (AvgIpc) is 2.89. The number of aryl methyl sites for hydroxylation is 1. The number of hydrogen-bond acceptors (Lipinski definition) is 6. The monoisotopic (exact) mass is 326 g/mol. The lowest BCUT2D eigenvalue weighted by Crippen LogP contribution is -1.89. The molecule has 2 aromatic heterocycles. The van der Waals surface area contributed by atoms with E-state index in [1.807, 2.05) is 12.3 Å². The highest BCUT2D eigenvalue weighted by Gasteiger charge is 2.05. The summed E-state index contributed by atoms with van der Waals surface area (Å²) in [7, 11) is 0. The van der Waals surface area contributed by atoms with E-state index in [0.717, 1.165) is 14.6 Å². The highest BCUT2D eigenvalue weighted by molar-refractivity contribution is 9.11. The molecule has 0 spiro atoms. The largest absolute Gasteiger partial charge is 0.337 e. The van der Waals surface area contributed by atoms with Gasteiger partial charge in [0, 0.05) is 17.3 Å². The molecule has 86 valence electrons. The highest BCUT2D eigenvalue weighted by Crippen LogP contribution is 2.24. The van der Waals surface area contributed by atoms with Crippen molar-refractivity contribution in [1.29, 1.82) is 5.26 Å². The fourth-order valence-corrected chi connectivity index (χ4v) is 2.91. The summed E-state index contributed by atoms with van der Waals surface area (Å²) in [4.78, 5) is 8.37. The van der Waals surface area contributed by atoms with Crippen LogP contribution in [0, 0.1) is 18.3 Å². The zero-order valence-corrected chi connectivity index (χ0v) is 12.0. The maximum atomic E-state index is 9.05. The molecule has 0 aliphatic carbocycles. The van der Waals surface area contributed by atoms with Gasteiger partial charge in [0.05, 0.1) is 9.98 Å². The number of rotatable bonds is 3. The molecule has 17 heavy (non-hydrogen) atoms.